The number of hydrogen-bond acceptors (Lipinski definition) is 2. The molecule has 1 amide bonds. The number of nitrogens with one attached hydrogen (secondary N) is 1. The second kappa shape index (κ2) is 7.82. The minimum Gasteiger partial charge on any atom is -0.341 e. The first kappa shape index (κ1) is 17.0. The highest BCUT2D eigenvalue weighted by Crippen LogP contribution is 2.24. The Morgan fingerprint density at radius 2 is 1.62 bits per heavy atom. The van der Waals surface area contributed by atoms with Gasteiger partial charge in [0.15, 0.2) is 0 Å². The third-order valence-corrected chi connectivity index (χ3v) is 4.84. The van der Waals surface area contributed by atoms with E-state index in [1.165, 1.54) is 0 Å². The molecule has 0 unspecified atom stereocenters. The van der Waals surface area contributed by atoms with Crippen LogP contribution in [0, 0.1) is 0 Å². The molecule has 1 fully saturated rings. The largest absolute Gasteiger partial charge is 0.341 e. The maximum absolute atomic E-state index is 13.0. The van der Waals surface area contributed by atoms with Gasteiger partial charge in [-0.3, -0.25) is 10.1 Å². The predicted molar refractivity (Wildman–Crippen MR) is 98.0 cm³/mol. The summed E-state index contributed by atoms with van der Waals surface area (Å²) in [7, 11) is 0. The summed E-state index contributed by atoms with van der Waals surface area (Å²) in [6.07, 6.45) is 2.19. The second-order valence-electron chi connectivity index (χ2n) is 6.32. The average molecular weight is 343 g/mol. The van der Waals surface area contributed by atoms with Crippen LogP contribution in [0.3, 0.4) is 0 Å². The Kier molecular flexibility index (Phi) is 5.54. The zero-order valence-corrected chi connectivity index (χ0v) is 14.7. The van der Waals surface area contributed by atoms with E-state index >= 15 is 0 Å². The molecule has 1 aliphatic rings. The number of halogens is 1. The molecule has 2 aromatic rings. The lowest BCUT2D eigenvalue weighted by Crippen LogP contribution is -2.40. The number of rotatable bonds is 5. The lowest BCUT2D eigenvalue weighted by molar-refractivity contribution is -0.132. The molecular weight excluding hydrogens is 320 g/mol. The van der Waals surface area contributed by atoms with Crippen LogP contribution in [-0.4, -0.2) is 23.9 Å². The van der Waals surface area contributed by atoms with E-state index in [0.29, 0.717) is 0 Å². The van der Waals surface area contributed by atoms with E-state index in [4.69, 9.17) is 11.6 Å². The molecule has 3 rings (SSSR count). The van der Waals surface area contributed by atoms with Crippen LogP contribution < -0.4 is 5.32 Å². The maximum Gasteiger partial charge on any atom is 0.244 e. The Morgan fingerprint density at radius 1 is 1.00 bits per heavy atom. The van der Waals surface area contributed by atoms with Crippen molar-refractivity contribution in [3.8, 4) is 0 Å². The quantitative estimate of drug-likeness (QED) is 0.875. The summed E-state index contributed by atoms with van der Waals surface area (Å²) in [5.74, 6) is 0.166. The van der Waals surface area contributed by atoms with Gasteiger partial charge in [0, 0.05) is 24.2 Å². The van der Waals surface area contributed by atoms with E-state index in [9.17, 15) is 4.79 Å². The molecule has 1 aliphatic heterocycles. The fourth-order valence-corrected chi connectivity index (χ4v) is 3.30. The summed E-state index contributed by atoms with van der Waals surface area (Å²) >= 11 is 5.97. The summed E-state index contributed by atoms with van der Waals surface area (Å²) in [6, 6.07) is 17.5. The van der Waals surface area contributed by atoms with Gasteiger partial charge in [0.05, 0.1) is 0 Å². The maximum atomic E-state index is 13.0. The van der Waals surface area contributed by atoms with Gasteiger partial charge in [-0.1, -0.05) is 54.1 Å². The number of carbonyl (C=O) groups excluding carboxylic acids is 1. The molecule has 3 nitrogen and oxygen atoms in total. The molecule has 1 heterocycles. The summed E-state index contributed by atoms with van der Waals surface area (Å²) in [5.41, 5.74) is 2.13. The zero-order chi connectivity index (χ0) is 16.9. The Morgan fingerprint density at radius 3 is 2.25 bits per heavy atom. The van der Waals surface area contributed by atoms with Crippen molar-refractivity contribution >= 4 is 17.5 Å². The SMILES string of the molecule is C[C@H](N[C@H](C(=O)N1CCCC1)c1ccccc1)c1ccc(Cl)cc1. The number of benzene rings is 2. The van der Waals surface area contributed by atoms with Crippen molar-refractivity contribution in [1.82, 2.24) is 10.2 Å². The van der Waals surface area contributed by atoms with Crippen molar-refractivity contribution in [2.75, 3.05) is 13.1 Å². The monoisotopic (exact) mass is 342 g/mol. The molecule has 0 bridgehead atoms. The van der Waals surface area contributed by atoms with Crippen LogP contribution in [0.5, 0.6) is 0 Å². The van der Waals surface area contributed by atoms with Crippen molar-refractivity contribution in [2.45, 2.75) is 31.8 Å². The van der Waals surface area contributed by atoms with Gasteiger partial charge in [0.1, 0.15) is 6.04 Å². The van der Waals surface area contributed by atoms with Crippen LogP contribution in [-0.2, 0) is 4.79 Å². The van der Waals surface area contributed by atoms with E-state index in [-0.39, 0.29) is 18.0 Å². The van der Waals surface area contributed by atoms with E-state index in [0.717, 1.165) is 42.1 Å². The van der Waals surface area contributed by atoms with E-state index < -0.39 is 0 Å². The van der Waals surface area contributed by atoms with Gasteiger partial charge in [-0.05, 0) is 43.0 Å². The van der Waals surface area contributed by atoms with Crippen LogP contribution in [0.1, 0.15) is 43.0 Å². The first-order valence-electron chi connectivity index (χ1n) is 8.50. The molecule has 1 N–H and O–H groups in total. The average Bonchev–Trinajstić information content (AvgIpc) is 3.15. The van der Waals surface area contributed by atoms with E-state index in [2.05, 4.69) is 12.2 Å². The van der Waals surface area contributed by atoms with Gasteiger partial charge in [-0.15, -0.1) is 0 Å². The summed E-state index contributed by atoms with van der Waals surface area (Å²) in [5, 5.41) is 4.23. The van der Waals surface area contributed by atoms with Crippen molar-refractivity contribution in [3.63, 3.8) is 0 Å². The number of nitrogens with zero attached hydrogens (tertiary/aromatic N) is 1. The Bertz CT molecular complexity index is 666. The standard InChI is InChI=1S/C20H23ClN2O/c1-15(16-9-11-18(21)12-10-16)22-19(17-7-3-2-4-8-17)20(24)23-13-5-6-14-23/h2-4,7-12,15,19,22H,5-6,13-14H2,1H3/t15-,19-/m0/s1. The minimum atomic E-state index is -0.324. The molecule has 0 radical (unpaired) electrons. The fourth-order valence-electron chi connectivity index (χ4n) is 3.17. The van der Waals surface area contributed by atoms with Crippen LogP contribution in [0.2, 0.25) is 5.02 Å². The van der Waals surface area contributed by atoms with Gasteiger partial charge in [-0.2, -0.15) is 0 Å². The minimum absolute atomic E-state index is 0.0547. The molecule has 126 valence electrons. The molecular formula is C20H23ClN2O. The zero-order valence-electron chi connectivity index (χ0n) is 13.9. The molecule has 0 aromatic heterocycles. The molecule has 2 aromatic carbocycles. The highest BCUT2D eigenvalue weighted by molar-refractivity contribution is 6.30. The summed E-state index contributed by atoms with van der Waals surface area (Å²) in [4.78, 5) is 15.0. The normalized spacial score (nSPS) is 16.8. The third-order valence-electron chi connectivity index (χ3n) is 4.58. The fraction of sp³-hybridized carbons (Fsp3) is 0.350. The van der Waals surface area contributed by atoms with Crippen LogP contribution in [0.15, 0.2) is 54.6 Å². The van der Waals surface area contributed by atoms with Crippen LogP contribution >= 0.6 is 11.6 Å². The molecule has 0 aliphatic carbocycles. The van der Waals surface area contributed by atoms with E-state index in [1.807, 2.05) is 59.5 Å². The van der Waals surface area contributed by atoms with Crippen molar-refractivity contribution < 1.29 is 4.79 Å². The highest BCUT2D eigenvalue weighted by atomic mass is 35.5. The van der Waals surface area contributed by atoms with Crippen molar-refractivity contribution in [1.29, 1.82) is 0 Å². The third kappa shape index (κ3) is 3.97. The van der Waals surface area contributed by atoms with Gasteiger partial charge in [0.2, 0.25) is 5.91 Å². The van der Waals surface area contributed by atoms with Gasteiger partial charge >= 0.3 is 0 Å². The summed E-state index contributed by atoms with van der Waals surface area (Å²) in [6.45, 7) is 3.80. The van der Waals surface area contributed by atoms with Crippen molar-refractivity contribution in [2.24, 2.45) is 0 Å². The highest BCUT2D eigenvalue weighted by Gasteiger charge is 2.28. The Labute approximate surface area is 148 Å². The summed E-state index contributed by atoms with van der Waals surface area (Å²) < 4.78 is 0. The predicted octanol–water partition coefficient (Wildman–Crippen LogP) is 4.35. The van der Waals surface area contributed by atoms with E-state index in [1.54, 1.807) is 0 Å². The van der Waals surface area contributed by atoms with Crippen molar-refractivity contribution in [3.05, 3.63) is 70.7 Å². The Hall–Kier alpha value is -1.84. The molecule has 4 heteroatoms. The van der Waals surface area contributed by atoms with Crippen LogP contribution in [0.4, 0.5) is 0 Å². The molecule has 24 heavy (non-hydrogen) atoms. The smallest absolute Gasteiger partial charge is 0.244 e. The lowest BCUT2D eigenvalue weighted by atomic mass is 10.0. The van der Waals surface area contributed by atoms with Gasteiger partial charge in [0.25, 0.3) is 0 Å². The Balaban J connectivity index is 1.81. The topological polar surface area (TPSA) is 32.3 Å². The van der Waals surface area contributed by atoms with Crippen LogP contribution in [0.25, 0.3) is 0 Å². The first-order valence-corrected chi connectivity index (χ1v) is 8.88. The first-order chi connectivity index (χ1) is 11.6. The molecule has 2 atom stereocenters. The molecule has 0 saturated carbocycles. The lowest BCUT2D eigenvalue weighted by Gasteiger charge is -2.27. The number of likely N-dealkylation sites (tertiary alicyclic amines) is 1. The molecule has 1 saturated heterocycles. The number of amides is 1. The van der Waals surface area contributed by atoms with Gasteiger partial charge in [-0.25, -0.2) is 0 Å². The number of hydrogen-bond donors (Lipinski definition) is 1. The second-order valence-corrected chi connectivity index (χ2v) is 6.75. The number of carbonyl (C=O) groups is 1. The molecule has 0 spiro atoms. The van der Waals surface area contributed by atoms with Gasteiger partial charge < -0.3 is 4.90 Å².